The summed E-state index contributed by atoms with van der Waals surface area (Å²) < 4.78 is 43.3. The molecular formula is C29H30F3N9. The smallest absolute Gasteiger partial charge is 0.360 e. The van der Waals surface area contributed by atoms with Crippen LogP contribution in [0.25, 0.3) is 28.4 Å². The van der Waals surface area contributed by atoms with Gasteiger partial charge in [-0.05, 0) is 45.6 Å². The van der Waals surface area contributed by atoms with Crippen LogP contribution in [0, 0.1) is 0 Å². The van der Waals surface area contributed by atoms with Gasteiger partial charge in [-0.15, -0.1) is 5.10 Å². The molecule has 1 atom stereocenters. The van der Waals surface area contributed by atoms with Gasteiger partial charge in [-0.2, -0.15) is 13.2 Å². The maximum absolute atomic E-state index is 13.4. The van der Waals surface area contributed by atoms with Crippen LogP contribution in [0.15, 0.2) is 49.2 Å². The monoisotopic (exact) mass is 561 g/mol. The quantitative estimate of drug-likeness (QED) is 0.226. The Hall–Kier alpha value is -4.35. The number of hydrogen-bond acceptors (Lipinski definition) is 7. The second kappa shape index (κ2) is 10.2. The number of benzene rings is 1. The third-order valence-electron chi connectivity index (χ3n) is 7.33. The number of imidazole rings is 2. The average Bonchev–Trinajstić information content (AvgIpc) is 3.49. The Kier molecular flexibility index (Phi) is 6.71. The van der Waals surface area contributed by atoms with Crippen LogP contribution in [0.5, 0.6) is 0 Å². The first-order valence-corrected chi connectivity index (χ1v) is 13.7. The molecule has 5 aromatic rings. The van der Waals surface area contributed by atoms with Gasteiger partial charge in [0.25, 0.3) is 0 Å². The summed E-state index contributed by atoms with van der Waals surface area (Å²) in [6.07, 6.45) is 4.54. The molecule has 0 saturated heterocycles. The van der Waals surface area contributed by atoms with Crippen LogP contribution in [0.2, 0.25) is 0 Å². The first-order chi connectivity index (χ1) is 19.6. The molecule has 1 saturated carbocycles. The van der Waals surface area contributed by atoms with Crippen molar-refractivity contribution in [3.8, 4) is 22.8 Å². The molecule has 1 unspecified atom stereocenters. The molecule has 0 radical (unpaired) electrons. The topological polar surface area (TPSA) is 98.7 Å². The largest absolute Gasteiger partial charge is 0.434 e. The van der Waals surface area contributed by atoms with Crippen LogP contribution in [0.1, 0.15) is 81.2 Å². The molecule has 6 rings (SSSR count). The lowest BCUT2D eigenvalue weighted by Crippen LogP contribution is -2.13. The molecule has 0 spiro atoms. The van der Waals surface area contributed by atoms with Crippen molar-refractivity contribution in [1.82, 2.24) is 39.1 Å². The lowest BCUT2D eigenvalue weighted by atomic mass is 10.1. The molecule has 1 aliphatic carbocycles. The highest BCUT2D eigenvalue weighted by molar-refractivity contribution is 5.69. The van der Waals surface area contributed by atoms with Crippen LogP contribution >= 0.6 is 0 Å². The Balaban J connectivity index is 1.32. The van der Waals surface area contributed by atoms with Crippen molar-refractivity contribution in [2.24, 2.45) is 0 Å². The minimum Gasteiger partial charge on any atom is -0.360 e. The van der Waals surface area contributed by atoms with Gasteiger partial charge in [0.2, 0.25) is 0 Å². The molecule has 0 aliphatic heterocycles. The molecule has 1 aliphatic rings. The standard InChI is InChI=1S/C29H30F3N9/c1-5-21-23(24(19-8-9-19)35-15-34-21)25-38-26(28-33-12-13-41(28)39-25)36-17(4)18-6-10-20(11-7-18)27-37-22(29(30,31)32)14-40(27)16(2)3/h6-7,10-17,19H,5,8-9H2,1-4H3,(H,36,38,39). The normalized spacial score (nSPS) is 14.6. The zero-order valence-electron chi connectivity index (χ0n) is 23.2. The van der Waals surface area contributed by atoms with E-state index in [0.717, 1.165) is 48.0 Å². The van der Waals surface area contributed by atoms with E-state index in [1.165, 1.54) is 0 Å². The van der Waals surface area contributed by atoms with Gasteiger partial charge in [0.1, 0.15) is 12.2 Å². The van der Waals surface area contributed by atoms with Gasteiger partial charge < -0.3 is 9.88 Å². The highest BCUT2D eigenvalue weighted by Gasteiger charge is 2.35. The van der Waals surface area contributed by atoms with Crippen LogP contribution in [-0.2, 0) is 12.6 Å². The van der Waals surface area contributed by atoms with Crippen molar-refractivity contribution in [3.05, 3.63) is 71.8 Å². The summed E-state index contributed by atoms with van der Waals surface area (Å²) in [5, 5.41) is 8.21. The Morgan fingerprint density at radius 2 is 1.78 bits per heavy atom. The van der Waals surface area contributed by atoms with E-state index in [4.69, 9.17) is 10.1 Å². The zero-order valence-corrected chi connectivity index (χ0v) is 23.2. The number of anilines is 1. The fourth-order valence-electron chi connectivity index (χ4n) is 4.99. The van der Waals surface area contributed by atoms with E-state index in [1.54, 1.807) is 39.9 Å². The first-order valence-electron chi connectivity index (χ1n) is 13.7. The van der Waals surface area contributed by atoms with Crippen LogP contribution < -0.4 is 5.32 Å². The van der Waals surface area contributed by atoms with Gasteiger partial charge in [-0.3, -0.25) is 0 Å². The van der Waals surface area contributed by atoms with Crippen LogP contribution in [0.4, 0.5) is 19.0 Å². The maximum atomic E-state index is 13.4. The number of aromatic nitrogens is 8. The summed E-state index contributed by atoms with van der Waals surface area (Å²) >= 11 is 0. The van der Waals surface area contributed by atoms with E-state index < -0.39 is 11.9 Å². The van der Waals surface area contributed by atoms with Gasteiger partial charge in [0.15, 0.2) is 23.0 Å². The molecule has 212 valence electrons. The Bertz CT molecular complexity index is 1700. The van der Waals surface area contributed by atoms with Gasteiger partial charge in [-0.25, -0.2) is 29.4 Å². The predicted octanol–water partition coefficient (Wildman–Crippen LogP) is 6.66. The molecule has 1 fully saturated rings. The van der Waals surface area contributed by atoms with E-state index in [2.05, 4.69) is 32.2 Å². The van der Waals surface area contributed by atoms with Gasteiger partial charge in [0.05, 0.1) is 23.0 Å². The van der Waals surface area contributed by atoms with Crippen molar-refractivity contribution in [2.75, 3.05) is 5.32 Å². The summed E-state index contributed by atoms with van der Waals surface area (Å²) in [5.74, 6) is 1.78. The van der Waals surface area contributed by atoms with Crippen LogP contribution in [0.3, 0.4) is 0 Å². The summed E-state index contributed by atoms with van der Waals surface area (Å²) in [6.45, 7) is 7.71. The summed E-state index contributed by atoms with van der Waals surface area (Å²) in [5.41, 5.74) is 3.99. The number of nitrogens with zero attached hydrogens (tertiary/aromatic N) is 8. The van der Waals surface area contributed by atoms with Gasteiger partial charge in [0, 0.05) is 36.1 Å². The molecule has 1 aromatic carbocycles. The molecule has 0 bridgehead atoms. The summed E-state index contributed by atoms with van der Waals surface area (Å²) in [4.78, 5) is 22.4. The van der Waals surface area contributed by atoms with Crippen molar-refractivity contribution in [2.45, 2.75) is 71.1 Å². The van der Waals surface area contributed by atoms with Crippen molar-refractivity contribution in [1.29, 1.82) is 0 Å². The zero-order chi connectivity index (χ0) is 28.9. The number of halogens is 3. The molecular weight excluding hydrogens is 531 g/mol. The fourth-order valence-corrected chi connectivity index (χ4v) is 4.99. The third-order valence-corrected chi connectivity index (χ3v) is 7.33. The van der Waals surface area contributed by atoms with E-state index in [-0.39, 0.29) is 17.9 Å². The molecule has 12 heteroatoms. The van der Waals surface area contributed by atoms with E-state index in [1.807, 2.05) is 32.9 Å². The lowest BCUT2D eigenvalue weighted by molar-refractivity contribution is -0.140. The highest BCUT2D eigenvalue weighted by atomic mass is 19.4. The Morgan fingerprint density at radius 3 is 2.44 bits per heavy atom. The number of alkyl halides is 3. The molecule has 1 N–H and O–H groups in total. The second-order valence-electron chi connectivity index (χ2n) is 10.6. The highest BCUT2D eigenvalue weighted by Crippen LogP contribution is 2.43. The summed E-state index contributed by atoms with van der Waals surface area (Å²) in [6, 6.07) is 6.99. The fraction of sp³-hybridized carbons (Fsp3) is 0.379. The van der Waals surface area contributed by atoms with Gasteiger partial charge >= 0.3 is 6.18 Å². The molecule has 4 heterocycles. The molecule has 4 aromatic heterocycles. The van der Waals surface area contributed by atoms with E-state index >= 15 is 0 Å². The molecule has 9 nitrogen and oxygen atoms in total. The predicted molar refractivity (Wildman–Crippen MR) is 148 cm³/mol. The second-order valence-corrected chi connectivity index (χ2v) is 10.6. The number of fused-ring (bicyclic) bond motifs is 1. The number of nitrogens with one attached hydrogen (secondary N) is 1. The Labute approximate surface area is 234 Å². The van der Waals surface area contributed by atoms with Crippen LogP contribution in [-0.4, -0.2) is 39.1 Å². The minimum absolute atomic E-state index is 0.179. The third kappa shape index (κ3) is 5.14. The summed E-state index contributed by atoms with van der Waals surface area (Å²) in [7, 11) is 0. The van der Waals surface area contributed by atoms with E-state index in [9.17, 15) is 13.2 Å². The average molecular weight is 562 g/mol. The maximum Gasteiger partial charge on any atom is 0.434 e. The molecule has 0 amide bonds. The number of aryl methyl sites for hydroxylation is 1. The van der Waals surface area contributed by atoms with Crippen molar-refractivity contribution >= 4 is 11.5 Å². The first kappa shape index (κ1) is 26.9. The number of hydrogen-bond donors (Lipinski definition) is 1. The number of rotatable bonds is 8. The SMILES string of the molecule is CCc1ncnc(C2CC2)c1-c1nc(NC(C)c2ccc(-c3nc(C(F)(F)F)cn3C(C)C)cc2)c2nccn2n1. The van der Waals surface area contributed by atoms with Crippen molar-refractivity contribution in [3.63, 3.8) is 0 Å². The minimum atomic E-state index is -4.51. The Morgan fingerprint density at radius 1 is 1.02 bits per heavy atom. The lowest BCUT2D eigenvalue weighted by Gasteiger charge is -2.18. The van der Waals surface area contributed by atoms with E-state index in [0.29, 0.717) is 28.8 Å². The molecule has 41 heavy (non-hydrogen) atoms. The van der Waals surface area contributed by atoms with Gasteiger partial charge in [-0.1, -0.05) is 31.2 Å². The van der Waals surface area contributed by atoms with Crippen molar-refractivity contribution < 1.29 is 13.2 Å².